The van der Waals surface area contributed by atoms with Crippen molar-refractivity contribution in [3.05, 3.63) is 54.1 Å². The second-order valence-electron chi connectivity index (χ2n) is 6.05. The first-order chi connectivity index (χ1) is 12.0. The maximum Gasteiger partial charge on any atom is 0.262 e. The minimum Gasteiger partial charge on any atom is -0.477 e. The van der Waals surface area contributed by atoms with E-state index in [1.807, 2.05) is 55.4 Å². The highest BCUT2D eigenvalue weighted by Gasteiger charge is 2.33. The van der Waals surface area contributed by atoms with Gasteiger partial charge >= 0.3 is 0 Å². The fourth-order valence-corrected chi connectivity index (χ4v) is 2.80. The summed E-state index contributed by atoms with van der Waals surface area (Å²) in [5.41, 5.74) is 2.18. The number of benzene rings is 2. The van der Waals surface area contributed by atoms with Gasteiger partial charge in [-0.3, -0.25) is 9.59 Å². The third kappa shape index (κ3) is 3.28. The van der Waals surface area contributed by atoms with Crippen LogP contribution in [0.15, 0.2) is 48.5 Å². The van der Waals surface area contributed by atoms with E-state index >= 15 is 0 Å². The third-order valence-electron chi connectivity index (χ3n) is 4.17. The molecule has 2 aromatic carbocycles. The first-order valence-corrected chi connectivity index (χ1v) is 8.08. The summed E-state index contributed by atoms with van der Waals surface area (Å²) in [4.78, 5) is 28.7. The zero-order valence-corrected chi connectivity index (χ0v) is 14.5. The fraction of sp³-hybridized carbons (Fsp3) is 0.263. The Morgan fingerprint density at radius 1 is 1.16 bits per heavy atom. The first-order valence-electron chi connectivity index (χ1n) is 8.08. The molecule has 0 saturated heterocycles. The van der Waals surface area contributed by atoms with E-state index in [0.29, 0.717) is 17.0 Å². The highest BCUT2D eigenvalue weighted by Crippen LogP contribution is 2.34. The molecule has 3 rings (SSSR count). The van der Waals surface area contributed by atoms with E-state index in [1.165, 1.54) is 0 Å². The van der Waals surface area contributed by atoms with Crippen LogP contribution >= 0.6 is 0 Å². The number of amides is 2. The van der Waals surface area contributed by atoms with Gasteiger partial charge < -0.3 is 19.9 Å². The van der Waals surface area contributed by atoms with Gasteiger partial charge in [0.05, 0.1) is 12.2 Å². The Kier molecular flexibility index (Phi) is 4.61. The molecule has 2 amide bonds. The topological polar surface area (TPSA) is 61.9 Å². The van der Waals surface area contributed by atoms with Crippen LogP contribution in [-0.4, -0.2) is 45.6 Å². The van der Waals surface area contributed by atoms with Crippen LogP contribution in [0.25, 0.3) is 0 Å². The van der Waals surface area contributed by atoms with E-state index in [4.69, 9.17) is 4.74 Å². The molecule has 1 aliphatic heterocycles. The van der Waals surface area contributed by atoms with Gasteiger partial charge in [-0.15, -0.1) is 0 Å². The summed E-state index contributed by atoms with van der Waals surface area (Å²) in [5, 5.41) is 2.58. The van der Waals surface area contributed by atoms with Crippen LogP contribution in [0.4, 0.5) is 11.4 Å². The van der Waals surface area contributed by atoms with Crippen LogP contribution in [0, 0.1) is 0 Å². The average molecular weight is 339 g/mol. The zero-order valence-electron chi connectivity index (χ0n) is 14.5. The summed E-state index contributed by atoms with van der Waals surface area (Å²) in [6, 6.07) is 14.7. The van der Waals surface area contributed by atoms with Crippen molar-refractivity contribution in [1.29, 1.82) is 0 Å². The predicted molar refractivity (Wildman–Crippen MR) is 97.4 cm³/mol. The lowest BCUT2D eigenvalue weighted by atomic mass is 10.1. The Labute approximate surface area is 147 Å². The normalized spacial score (nSPS) is 15.8. The van der Waals surface area contributed by atoms with Gasteiger partial charge in [0.1, 0.15) is 5.75 Å². The molecular formula is C19H21N3O3. The molecule has 6 nitrogen and oxygen atoms in total. The molecule has 0 saturated carbocycles. The smallest absolute Gasteiger partial charge is 0.262 e. The van der Waals surface area contributed by atoms with Crippen LogP contribution in [0.3, 0.4) is 0 Å². The Bertz CT molecular complexity index is 804. The molecule has 25 heavy (non-hydrogen) atoms. The molecule has 0 radical (unpaired) electrons. The lowest BCUT2D eigenvalue weighted by molar-refractivity contribution is -0.127. The summed E-state index contributed by atoms with van der Waals surface area (Å²) in [7, 11) is 5.41. The zero-order chi connectivity index (χ0) is 18.0. The van der Waals surface area contributed by atoms with Gasteiger partial charge in [-0.2, -0.15) is 0 Å². The molecule has 0 aromatic heterocycles. The van der Waals surface area contributed by atoms with E-state index in [1.54, 1.807) is 24.1 Å². The second kappa shape index (κ2) is 6.84. The predicted octanol–water partition coefficient (Wildman–Crippen LogP) is 1.91. The van der Waals surface area contributed by atoms with Crippen LogP contribution < -0.4 is 19.9 Å². The summed E-state index contributed by atoms with van der Waals surface area (Å²) in [5.74, 6) is 0.113. The van der Waals surface area contributed by atoms with Gasteiger partial charge in [-0.25, -0.2) is 0 Å². The van der Waals surface area contributed by atoms with Crippen molar-refractivity contribution in [2.24, 2.45) is 0 Å². The van der Waals surface area contributed by atoms with Gasteiger partial charge in [-0.1, -0.05) is 18.2 Å². The molecule has 0 fully saturated rings. The highest BCUT2D eigenvalue weighted by atomic mass is 16.5. The minimum absolute atomic E-state index is 0.159. The second-order valence-corrected chi connectivity index (χ2v) is 6.05. The van der Waals surface area contributed by atoms with E-state index < -0.39 is 6.10 Å². The van der Waals surface area contributed by atoms with Gasteiger partial charge in [0.25, 0.3) is 11.8 Å². The maximum atomic E-state index is 13.1. The Morgan fingerprint density at radius 2 is 1.92 bits per heavy atom. The lowest BCUT2D eigenvalue weighted by Crippen LogP contribution is -2.50. The molecule has 1 atom stereocenters. The number of carbonyl (C=O) groups excluding carboxylic acids is 2. The first kappa shape index (κ1) is 16.8. The van der Waals surface area contributed by atoms with Crippen molar-refractivity contribution in [2.45, 2.75) is 6.10 Å². The number of likely N-dealkylation sites (N-methyl/N-ethyl adjacent to an activating group) is 1. The molecule has 0 aliphatic carbocycles. The molecule has 0 unspecified atom stereocenters. The van der Waals surface area contributed by atoms with Crippen molar-refractivity contribution in [2.75, 3.05) is 37.5 Å². The summed E-state index contributed by atoms with van der Waals surface area (Å²) in [6.07, 6.45) is -0.735. The van der Waals surface area contributed by atoms with Gasteiger partial charge in [0.15, 0.2) is 6.10 Å². The average Bonchev–Trinajstić information content (AvgIpc) is 2.65. The largest absolute Gasteiger partial charge is 0.477 e. The Balaban J connectivity index is 1.98. The molecule has 1 aliphatic rings. The molecular weight excluding hydrogens is 318 g/mol. The number of rotatable bonds is 3. The van der Waals surface area contributed by atoms with Gasteiger partial charge in [-0.05, 0) is 30.3 Å². The van der Waals surface area contributed by atoms with E-state index in [9.17, 15) is 9.59 Å². The van der Waals surface area contributed by atoms with Crippen molar-refractivity contribution in [3.8, 4) is 5.75 Å². The molecule has 1 N–H and O–H groups in total. The number of para-hydroxylation sites is 2. The minimum atomic E-state index is -0.735. The number of hydrogen-bond donors (Lipinski definition) is 1. The van der Waals surface area contributed by atoms with Crippen LogP contribution in [0.5, 0.6) is 5.75 Å². The number of carbonyl (C=O) groups is 2. The summed E-state index contributed by atoms with van der Waals surface area (Å²) in [6.45, 7) is 0.168. The lowest BCUT2D eigenvalue weighted by Gasteiger charge is -2.34. The van der Waals surface area contributed by atoms with Gasteiger partial charge in [0, 0.05) is 32.4 Å². The van der Waals surface area contributed by atoms with Crippen LogP contribution in [0.2, 0.25) is 0 Å². The molecule has 6 heteroatoms. The summed E-state index contributed by atoms with van der Waals surface area (Å²) < 4.78 is 5.75. The number of ether oxygens (including phenoxy) is 1. The molecule has 1 heterocycles. The van der Waals surface area contributed by atoms with Crippen LogP contribution in [0.1, 0.15) is 10.4 Å². The van der Waals surface area contributed by atoms with Crippen molar-refractivity contribution in [1.82, 2.24) is 5.32 Å². The van der Waals surface area contributed by atoms with Crippen LogP contribution in [-0.2, 0) is 4.79 Å². The molecule has 0 bridgehead atoms. The summed E-state index contributed by atoms with van der Waals surface area (Å²) >= 11 is 0. The number of anilines is 2. The number of fused-ring (bicyclic) bond motifs is 1. The van der Waals surface area contributed by atoms with E-state index in [2.05, 4.69) is 5.32 Å². The SMILES string of the molecule is CNC(=O)[C@@H]1CN(C(=O)c2cccc(N(C)C)c2)c2ccccc2O1. The Morgan fingerprint density at radius 3 is 2.64 bits per heavy atom. The van der Waals surface area contributed by atoms with Gasteiger partial charge in [0.2, 0.25) is 0 Å². The number of hydrogen-bond acceptors (Lipinski definition) is 4. The van der Waals surface area contributed by atoms with E-state index in [-0.39, 0.29) is 18.4 Å². The van der Waals surface area contributed by atoms with Crippen molar-refractivity contribution < 1.29 is 14.3 Å². The quantitative estimate of drug-likeness (QED) is 0.928. The molecule has 130 valence electrons. The Hall–Kier alpha value is -3.02. The van der Waals surface area contributed by atoms with Crippen molar-refractivity contribution in [3.63, 3.8) is 0 Å². The number of nitrogens with one attached hydrogen (secondary N) is 1. The standard InChI is InChI=1S/C19H21N3O3/c1-20-18(23)17-12-22(15-9-4-5-10-16(15)25-17)19(24)13-7-6-8-14(11-13)21(2)3/h4-11,17H,12H2,1-3H3,(H,20,23)/t17-/m0/s1. The molecule has 0 spiro atoms. The highest BCUT2D eigenvalue weighted by molar-refractivity contribution is 6.08. The molecule has 2 aromatic rings. The third-order valence-corrected chi connectivity index (χ3v) is 4.17. The monoisotopic (exact) mass is 339 g/mol. The fourth-order valence-electron chi connectivity index (χ4n) is 2.80. The van der Waals surface area contributed by atoms with E-state index in [0.717, 1.165) is 5.69 Å². The maximum absolute atomic E-state index is 13.1. The van der Waals surface area contributed by atoms with Crippen molar-refractivity contribution >= 4 is 23.2 Å². The number of nitrogens with zero attached hydrogens (tertiary/aromatic N) is 2.